The van der Waals surface area contributed by atoms with Crippen molar-refractivity contribution in [3.8, 4) is 0 Å². The lowest BCUT2D eigenvalue weighted by Crippen LogP contribution is -2.29. The van der Waals surface area contributed by atoms with E-state index in [4.69, 9.17) is 0 Å². The summed E-state index contributed by atoms with van der Waals surface area (Å²) in [4.78, 5) is 54.9. The Hall–Kier alpha value is -1.78. The van der Waals surface area contributed by atoms with E-state index in [2.05, 4.69) is 45.2 Å². The minimum absolute atomic E-state index is 0.118. The van der Waals surface area contributed by atoms with E-state index in [1.165, 1.54) is 24.3 Å². The standard InChI is InChI=1S/C13H16N4O4S2/c18-6-14-2-10(3-15-7-19)12(22)1-13(23)11(4-16-8-20)5-17-9-21/h10-13,22-23H,1-5H2. The van der Waals surface area contributed by atoms with Crippen LogP contribution in [-0.2, 0) is 19.2 Å². The molecule has 0 aliphatic carbocycles. The molecule has 0 aromatic rings. The molecule has 0 aliphatic rings. The first kappa shape index (κ1) is 21.2. The maximum Gasteiger partial charge on any atom is 0.234 e. The Morgan fingerprint density at radius 3 is 1.09 bits per heavy atom. The van der Waals surface area contributed by atoms with E-state index >= 15 is 0 Å². The molecule has 8 nitrogen and oxygen atoms in total. The lowest BCUT2D eigenvalue weighted by Gasteiger charge is -2.25. The Morgan fingerprint density at radius 2 is 0.870 bits per heavy atom. The zero-order valence-electron chi connectivity index (χ0n) is 12.2. The summed E-state index contributed by atoms with van der Waals surface area (Å²) < 4.78 is 0. The van der Waals surface area contributed by atoms with Gasteiger partial charge in [-0.3, -0.25) is 0 Å². The van der Waals surface area contributed by atoms with Gasteiger partial charge in [-0.05, 0) is 6.42 Å². The molecule has 2 atom stereocenters. The average molecular weight is 356 g/mol. The van der Waals surface area contributed by atoms with E-state index in [1.807, 2.05) is 0 Å². The molecule has 0 bridgehead atoms. The van der Waals surface area contributed by atoms with E-state index in [9.17, 15) is 19.2 Å². The van der Waals surface area contributed by atoms with Crippen LogP contribution in [0.15, 0.2) is 20.0 Å². The summed E-state index contributed by atoms with van der Waals surface area (Å²) >= 11 is 8.88. The van der Waals surface area contributed by atoms with Crippen LogP contribution in [0.3, 0.4) is 0 Å². The van der Waals surface area contributed by atoms with Crippen molar-refractivity contribution in [3.05, 3.63) is 0 Å². The van der Waals surface area contributed by atoms with Crippen LogP contribution in [0.4, 0.5) is 0 Å². The van der Waals surface area contributed by atoms with E-state index in [1.54, 1.807) is 0 Å². The van der Waals surface area contributed by atoms with Crippen LogP contribution in [0.2, 0.25) is 0 Å². The number of isocyanates is 4. The second-order valence-electron chi connectivity index (χ2n) is 4.62. The van der Waals surface area contributed by atoms with E-state index < -0.39 is 0 Å². The molecular formula is C13H16N4O4S2. The second kappa shape index (κ2) is 13.9. The van der Waals surface area contributed by atoms with Gasteiger partial charge in [0.15, 0.2) is 0 Å². The van der Waals surface area contributed by atoms with Gasteiger partial charge < -0.3 is 0 Å². The van der Waals surface area contributed by atoms with Crippen molar-refractivity contribution in [1.82, 2.24) is 0 Å². The van der Waals surface area contributed by atoms with Crippen molar-refractivity contribution in [2.24, 2.45) is 31.8 Å². The summed E-state index contributed by atoms with van der Waals surface area (Å²) in [7, 11) is 0. The van der Waals surface area contributed by atoms with Crippen LogP contribution < -0.4 is 0 Å². The van der Waals surface area contributed by atoms with Gasteiger partial charge in [0, 0.05) is 22.3 Å². The molecule has 0 saturated carbocycles. The molecule has 0 amide bonds. The summed E-state index contributed by atoms with van der Waals surface area (Å²) in [6.07, 6.45) is 6.15. The van der Waals surface area contributed by atoms with Gasteiger partial charge in [0.2, 0.25) is 24.3 Å². The zero-order valence-corrected chi connectivity index (χ0v) is 14.0. The first-order chi connectivity index (χ1) is 11.1. The van der Waals surface area contributed by atoms with Crippen LogP contribution >= 0.6 is 25.3 Å². The third kappa shape index (κ3) is 9.76. The first-order valence-corrected chi connectivity index (χ1v) is 7.64. The molecule has 0 spiro atoms. The van der Waals surface area contributed by atoms with Gasteiger partial charge in [-0.25, -0.2) is 39.1 Å². The Labute approximate surface area is 144 Å². The Bertz CT molecular complexity index is 460. The fraction of sp³-hybridized carbons (Fsp3) is 0.692. The monoisotopic (exact) mass is 356 g/mol. The summed E-state index contributed by atoms with van der Waals surface area (Å²) in [5, 5.41) is -0.566. The predicted molar refractivity (Wildman–Crippen MR) is 89.1 cm³/mol. The van der Waals surface area contributed by atoms with Crippen molar-refractivity contribution in [3.63, 3.8) is 0 Å². The number of aliphatic imine (C=N–C) groups is 4. The maximum atomic E-state index is 10.2. The second-order valence-corrected chi connectivity index (χ2v) is 5.95. The minimum atomic E-state index is -0.283. The molecule has 0 aromatic carbocycles. The predicted octanol–water partition coefficient (Wildman–Crippen LogP) is 0.549. The molecule has 0 aromatic heterocycles. The molecule has 0 N–H and O–H groups in total. The van der Waals surface area contributed by atoms with Crippen LogP contribution in [-0.4, -0.2) is 61.0 Å². The van der Waals surface area contributed by atoms with Gasteiger partial charge in [0.1, 0.15) is 0 Å². The summed E-state index contributed by atoms with van der Waals surface area (Å²) in [5.41, 5.74) is 0. The number of hydrogen-bond acceptors (Lipinski definition) is 10. The summed E-state index contributed by atoms with van der Waals surface area (Å²) in [6, 6.07) is 0. The fourth-order valence-corrected chi connectivity index (χ4v) is 2.85. The Kier molecular flexibility index (Phi) is 12.8. The molecule has 0 heterocycles. The van der Waals surface area contributed by atoms with Crippen molar-refractivity contribution in [1.29, 1.82) is 0 Å². The van der Waals surface area contributed by atoms with Crippen LogP contribution in [0.1, 0.15) is 6.42 Å². The first-order valence-electron chi connectivity index (χ1n) is 6.61. The number of rotatable bonds is 12. The van der Waals surface area contributed by atoms with Gasteiger partial charge in [-0.15, -0.1) is 0 Å². The fourth-order valence-electron chi connectivity index (χ4n) is 1.85. The van der Waals surface area contributed by atoms with Crippen molar-refractivity contribution < 1.29 is 19.2 Å². The lowest BCUT2D eigenvalue weighted by atomic mass is 9.95. The molecular weight excluding hydrogens is 340 g/mol. The van der Waals surface area contributed by atoms with Crippen LogP contribution in [0, 0.1) is 11.8 Å². The van der Waals surface area contributed by atoms with E-state index in [-0.39, 0.29) is 48.5 Å². The Morgan fingerprint density at radius 1 is 0.609 bits per heavy atom. The third-order valence-electron chi connectivity index (χ3n) is 3.13. The van der Waals surface area contributed by atoms with Gasteiger partial charge in [0.25, 0.3) is 0 Å². The van der Waals surface area contributed by atoms with E-state index in [0.717, 1.165) is 0 Å². The molecule has 10 heteroatoms. The highest BCUT2D eigenvalue weighted by Crippen LogP contribution is 2.24. The molecule has 0 radical (unpaired) electrons. The van der Waals surface area contributed by atoms with Crippen molar-refractivity contribution in [2.75, 3.05) is 26.2 Å². The highest BCUT2D eigenvalue weighted by atomic mass is 32.1. The smallest absolute Gasteiger partial charge is 0.211 e. The molecule has 124 valence electrons. The molecule has 23 heavy (non-hydrogen) atoms. The third-order valence-corrected chi connectivity index (χ3v) is 4.40. The van der Waals surface area contributed by atoms with E-state index in [0.29, 0.717) is 6.42 Å². The van der Waals surface area contributed by atoms with Gasteiger partial charge in [0.05, 0.1) is 26.2 Å². The Balaban J connectivity index is 4.88. The van der Waals surface area contributed by atoms with Crippen LogP contribution in [0.25, 0.3) is 0 Å². The van der Waals surface area contributed by atoms with Gasteiger partial charge in [-0.1, -0.05) is 0 Å². The average Bonchev–Trinajstić information content (AvgIpc) is 2.54. The van der Waals surface area contributed by atoms with Crippen LogP contribution in [0.5, 0.6) is 0 Å². The van der Waals surface area contributed by atoms with Crippen molar-refractivity contribution in [2.45, 2.75) is 16.9 Å². The molecule has 2 unspecified atom stereocenters. The highest BCUT2D eigenvalue weighted by Gasteiger charge is 2.25. The summed E-state index contributed by atoms with van der Waals surface area (Å²) in [5.74, 6) is -0.554. The molecule has 0 aliphatic heterocycles. The van der Waals surface area contributed by atoms with Crippen molar-refractivity contribution >= 4 is 49.6 Å². The minimum Gasteiger partial charge on any atom is -0.211 e. The molecule has 0 rings (SSSR count). The molecule has 0 saturated heterocycles. The number of thiol groups is 2. The number of carbonyl (C=O) groups excluding carboxylic acids is 4. The largest absolute Gasteiger partial charge is 0.234 e. The van der Waals surface area contributed by atoms with Gasteiger partial charge in [-0.2, -0.15) is 25.3 Å². The SMILES string of the molecule is O=C=NCC(CN=C=O)C(S)CC(S)C(CN=C=O)CN=C=O. The number of nitrogens with zero attached hydrogens (tertiary/aromatic N) is 4. The lowest BCUT2D eigenvalue weighted by molar-refractivity contribution is 0.444. The quantitative estimate of drug-likeness (QED) is 0.301. The maximum absolute atomic E-state index is 10.2. The summed E-state index contributed by atoms with van der Waals surface area (Å²) in [6.45, 7) is 0.472. The van der Waals surface area contributed by atoms with Gasteiger partial charge >= 0.3 is 0 Å². The topological polar surface area (TPSA) is 118 Å². The highest BCUT2D eigenvalue weighted by molar-refractivity contribution is 7.81. The number of hydrogen-bond donors (Lipinski definition) is 2. The molecule has 0 fully saturated rings. The zero-order chi connectivity index (χ0) is 17.5. The normalized spacial score (nSPS) is 14.7.